The minimum absolute atomic E-state index is 0.0445. The van der Waals surface area contributed by atoms with Crippen molar-refractivity contribution in [2.24, 2.45) is 0 Å². The topological polar surface area (TPSA) is 66.9 Å². The highest BCUT2D eigenvalue weighted by Crippen LogP contribution is 2.34. The summed E-state index contributed by atoms with van der Waals surface area (Å²) in [7, 11) is -3.30. The molecular weight excluding hydrogens is 352 g/mol. The van der Waals surface area contributed by atoms with Gasteiger partial charge in [-0.3, -0.25) is 4.90 Å². The van der Waals surface area contributed by atoms with E-state index < -0.39 is 10.0 Å². The molecule has 7 heteroatoms. The molecule has 1 amide bonds. The number of hydrogen-bond acceptors (Lipinski definition) is 4. The summed E-state index contributed by atoms with van der Waals surface area (Å²) in [6.45, 7) is 6.81. The van der Waals surface area contributed by atoms with Gasteiger partial charge in [0.25, 0.3) is 0 Å². The molecule has 3 rings (SSSR count). The normalized spacial score (nSPS) is 20.0. The minimum atomic E-state index is -3.30. The van der Waals surface area contributed by atoms with Crippen LogP contribution in [0.1, 0.15) is 37.8 Å². The molecule has 2 aliphatic rings. The molecule has 0 bridgehead atoms. The lowest BCUT2D eigenvalue weighted by Gasteiger charge is -2.40. The number of allylic oxidation sites excluding steroid dienone is 1. The maximum Gasteiger partial charge on any atom is 0.414 e. The first-order valence-electron chi connectivity index (χ1n) is 8.97. The maximum atomic E-state index is 12.5. The van der Waals surface area contributed by atoms with E-state index >= 15 is 0 Å². The molecule has 6 nitrogen and oxygen atoms in total. The number of hydrogen-bond donors (Lipinski definition) is 0. The number of para-hydroxylation sites is 1. The Morgan fingerprint density at radius 1 is 1.31 bits per heavy atom. The molecule has 26 heavy (non-hydrogen) atoms. The molecule has 2 aliphatic heterocycles. The second kappa shape index (κ2) is 7.40. The van der Waals surface area contributed by atoms with Gasteiger partial charge in [-0.2, -0.15) is 0 Å². The van der Waals surface area contributed by atoms with E-state index in [4.69, 9.17) is 4.74 Å². The fourth-order valence-electron chi connectivity index (χ4n) is 3.65. The van der Waals surface area contributed by atoms with Crippen LogP contribution >= 0.6 is 0 Å². The summed E-state index contributed by atoms with van der Waals surface area (Å²) in [5.41, 5.74) is 3.81. The summed E-state index contributed by atoms with van der Waals surface area (Å²) in [5.74, 6) is 0.0574. The van der Waals surface area contributed by atoms with Crippen LogP contribution in [0.15, 0.2) is 29.8 Å². The molecule has 0 aliphatic carbocycles. The highest BCUT2D eigenvalue weighted by atomic mass is 32.2. The molecule has 0 atom stereocenters. The number of carbonyl (C=O) groups excluding carboxylic acids is 1. The number of cyclic esters (lactones) is 1. The average Bonchev–Trinajstić information content (AvgIpc) is 2.62. The Labute approximate surface area is 155 Å². The molecule has 2 heterocycles. The van der Waals surface area contributed by atoms with Gasteiger partial charge in [0.05, 0.1) is 11.4 Å². The lowest BCUT2D eigenvalue weighted by molar-refractivity contribution is 0.135. The van der Waals surface area contributed by atoms with Crippen LogP contribution in [-0.4, -0.2) is 43.7 Å². The van der Waals surface area contributed by atoms with Crippen molar-refractivity contribution in [1.29, 1.82) is 0 Å². The van der Waals surface area contributed by atoms with E-state index in [1.54, 1.807) is 9.21 Å². The summed E-state index contributed by atoms with van der Waals surface area (Å²) in [5, 5.41) is 0. The second-order valence-electron chi connectivity index (χ2n) is 7.03. The van der Waals surface area contributed by atoms with Gasteiger partial charge in [-0.15, -0.1) is 0 Å². The van der Waals surface area contributed by atoms with E-state index in [1.165, 1.54) is 0 Å². The van der Waals surface area contributed by atoms with Crippen molar-refractivity contribution < 1.29 is 17.9 Å². The van der Waals surface area contributed by atoms with Crippen LogP contribution in [0, 0.1) is 6.92 Å². The van der Waals surface area contributed by atoms with Gasteiger partial charge < -0.3 is 4.74 Å². The van der Waals surface area contributed by atoms with Gasteiger partial charge in [0.15, 0.2) is 0 Å². The maximum absolute atomic E-state index is 12.5. The van der Waals surface area contributed by atoms with Crippen molar-refractivity contribution in [3.8, 4) is 0 Å². The molecule has 1 fully saturated rings. The number of benzene rings is 1. The standard InChI is InChI=1S/C19H26N2O4S/c1-4-14(2)13-26(23,24)20-10-8-17(9-11-20)21-18-15(3)6-5-7-16(18)12-25-19(21)22/h4-7,17H,8-13H2,1-3H3/b14-4+. The van der Waals surface area contributed by atoms with Crippen molar-refractivity contribution in [2.75, 3.05) is 23.7 Å². The molecule has 0 spiro atoms. The van der Waals surface area contributed by atoms with E-state index in [-0.39, 0.29) is 17.9 Å². The number of piperidine rings is 1. The van der Waals surface area contributed by atoms with Crippen LogP contribution in [0.3, 0.4) is 0 Å². The molecule has 0 saturated carbocycles. The molecule has 1 aromatic carbocycles. The molecule has 142 valence electrons. The third kappa shape index (κ3) is 3.64. The van der Waals surface area contributed by atoms with E-state index in [0.717, 1.165) is 22.4 Å². The van der Waals surface area contributed by atoms with Gasteiger partial charge in [-0.05, 0) is 39.2 Å². The minimum Gasteiger partial charge on any atom is -0.444 e. The SMILES string of the molecule is C/C=C(\C)CS(=O)(=O)N1CCC(N2C(=O)OCc3cccc(C)c32)CC1. The average molecular weight is 378 g/mol. The van der Waals surface area contributed by atoms with Crippen molar-refractivity contribution in [3.63, 3.8) is 0 Å². The van der Waals surface area contributed by atoms with Crippen molar-refractivity contribution >= 4 is 21.8 Å². The van der Waals surface area contributed by atoms with Gasteiger partial charge in [-0.25, -0.2) is 17.5 Å². The number of amides is 1. The molecule has 0 radical (unpaired) electrons. The van der Waals surface area contributed by atoms with Gasteiger partial charge in [-0.1, -0.05) is 29.8 Å². The summed E-state index contributed by atoms with van der Waals surface area (Å²) >= 11 is 0. The molecule has 0 N–H and O–H groups in total. The van der Waals surface area contributed by atoms with Gasteiger partial charge in [0.1, 0.15) is 6.61 Å². The fraction of sp³-hybridized carbons (Fsp3) is 0.526. The smallest absolute Gasteiger partial charge is 0.414 e. The predicted molar refractivity (Wildman–Crippen MR) is 102 cm³/mol. The number of fused-ring (bicyclic) bond motifs is 1. The van der Waals surface area contributed by atoms with Crippen LogP contribution in [-0.2, 0) is 21.4 Å². The Morgan fingerprint density at radius 3 is 2.65 bits per heavy atom. The third-order valence-corrected chi connectivity index (χ3v) is 7.17. The molecule has 0 unspecified atom stereocenters. The predicted octanol–water partition coefficient (Wildman–Crippen LogP) is 3.21. The van der Waals surface area contributed by atoms with E-state index in [9.17, 15) is 13.2 Å². The number of aryl methyl sites for hydroxylation is 1. The molecule has 0 aromatic heterocycles. The number of sulfonamides is 1. The number of ether oxygens (including phenoxy) is 1. The van der Waals surface area contributed by atoms with Crippen LogP contribution < -0.4 is 4.90 Å². The van der Waals surface area contributed by atoms with Crippen LogP contribution in [0.4, 0.5) is 10.5 Å². The van der Waals surface area contributed by atoms with E-state index in [0.29, 0.717) is 32.5 Å². The number of carbonyl (C=O) groups is 1. The van der Waals surface area contributed by atoms with Crippen molar-refractivity contribution in [3.05, 3.63) is 41.0 Å². The van der Waals surface area contributed by atoms with Crippen LogP contribution in [0.5, 0.6) is 0 Å². The zero-order chi connectivity index (χ0) is 18.9. The van der Waals surface area contributed by atoms with Crippen LogP contribution in [0.2, 0.25) is 0 Å². The lowest BCUT2D eigenvalue weighted by atomic mass is 10.00. The quantitative estimate of drug-likeness (QED) is 0.755. The zero-order valence-corrected chi connectivity index (χ0v) is 16.4. The van der Waals surface area contributed by atoms with Crippen molar-refractivity contribution in [1.82, 2.24) is 4.31 Å². The van der Waals surface area contributed by atoms with E-state index in [2.05, 4.69) is 0 Å². The second-order valence-corrected chi connectivity index (χ2v) is 9.00. The third-order valence-electron chi connectivity index (χ3n) is 5.19. The first-order valence-corrected chi connectivity index (χ1v) is 10.6. The Balaban J connectivity index is 1.76. The first-order chi connectivity index (χ1) is 12.3. The highest BCUT2D eigenvalue weighted by molar-refractivity contribution is 7.89. The summed E-state index contributed by atoms with van der Waals surface area (Å²) in [4.78, 5) is 14.2. The lowest BCUT2D eigenvalue weighted by Crippen LogP contribution is -2.51. The Morgan fingerprint density at radius 2 is 2.00 bits per heavy atom. The largest absolute Gasteiger partial charge is 0.444 e. The van der Waals surface area contributed by atoms with Gasteiger partial charge >= 0.3 is 6.09 Å². The van der Waals surface area contributed by atoms with Gasteiger partial charge in [0.2, 0.25) is 10.0 Å². The summed E-state index contributed by atoms with van der Waals surface area (Å²) < 4.78 is 31.9. The Kier molecular flexibility index (Phi) is 5.39. The van der Waals surface area contributed by atoms with Gasteiger partial charge in [0, 0.05) is 24.7 Å². The zero-order valence-electron chi connectivity index (χ0n) is 15.6. The number of nitrogens with zero attached hydrogens (tertiary/aromatic N) is 2. The van der Waals surface area contributed by atoms with Crippen LogP contribution in [0.25, 0.3) is 0 Å². The molecular formula is C19H26N2O4S. The summed E-state index contributed by atoms with van der Waals surface area (Å²) in [6.07, 6.45) is 2.71. The van der Waals surface area contributed by atoms with Crippen molar-refractivity contribution in [2.45, 2.75) is 46.3 Å². The Hall–Kier alpha value is -1.86. The monoisotopic (exact) mass is 378 g/mol. The molecule has 1 saturated heterocycles. The molecule has 1 aromatic rings. The Bertz CT molecular complexity index is 824. The summed E-state index contributed by atoms with van der Waals surface area (Å²) in [6, 6.07) is 5.88. The number of anilines is 1. The first kappa shape index (κ1) is 18.9. The highest BCUT2D eigenvalue weighted by Gasteiger charge is 2.37. The fourth-order valence-corrected chi connectivity index (χ4v) is 5.35. The number of rotatable bonds is 4. The van der Waals surface area contributed by atoms with E-state index in [1.807, 2.05) is 45.0 Å².